The summed E-state index contributed by atoms with van der Waals surface area (Å²) in [6.07, 6.45) is 45.6. The van der Waals surface area contributed by atoms with Crippen LogP contribution in [0.1, 0.15) is 129 Å². The summed E-state index contributed by atoms with van der Waals surface area (Å²) in [4.78, 5) is 12.4. The van der Waals surface area contributed by atoms with Gasteiger partial charge in [0, 0.05) is 6.42 Å². The van der Waals surface area contributed by atoms with Gasteiger partial charge < -0.3 is 10.4 Å². The van der Waals surface area contributed by atoms with Gasteiger partial charge in [-0.15, -0.1) is 0 Å². The minimum Gasteiger partial charge on any atom is -0.391 e. The molecule has 0 saturated heterocycles. The zero-order valence-electron chi connectivity index (χ0n) is 28.2. The van der Waals surface area contributed by atoms with Crippen LogP contribution in [0.5, 0.6) is 0 Å². The topological polar surface area (TPSA) is 104 Å². The van der Waals surface area contributed by atoms with Crippen LogP contribution in [0.3, 0.4) is 0 Å². The number of rotatable bonds is 29. The molecule has 2 atom stereocenters. The molecule has 256 valence electrons. The van der Waals surface area contributed by atoms with Crippen LogP contribution in [0.2, 0.25) is 0 Å². The maximum atomic E-state index is 12.4. The molecule has 2 unspecified atom stereocenters. The number of carbonyl (C=O) groups excluding carboxylic acids is 1. The van der Waals surface area contributed by atoms with Crippen LogP contribution in [0.25, 0.3) is 0 Å². The predicted molar refractivity (Wildman–Crippen MR) is 193 cm³/mol. The highest BCUT2D eigenvalue weighted by atomic mass is 32.2. The van der Waals surface area contributed by atoms with E-state index in [9.17, 15) is 22.9 Å². The Labute approximate surface area is 276 Å². The molecule has 0 aromatic carbocycles. The number of hydrogen-bond acceptors (Lipinski definition) is 4. The Balaban J connectivity index is 4.05. The molecule has 45 heavy (non-hydrogen) atoms. The number of unbranched alkanes of at least 4 members (excludes halogenated alkanes) is 7. The molecule has 0 radical (unpaired) electrons. The van der Waals surface area contributed by atoms with Gasteiger partial charge in [0.05, 0.1) is 17.9 Å². The number of allylic oxidation sites excluding steroid dienone is 14. The summed E-state index contributed by atoms with van der Waals surface area (Å²) < 4.78 is 32.2. The second-order valence-electron chi connectivity index (χ2n) is 11.4. The van der Waals surface area contributed by atoms with Gasteiger partial charge in [0.15, 0.2) is 0 Å². The summed E-state index contributed by atoms with van der Waals surface area (Å²) in [7, 11) is -4.32. The van der Waals surface area contributed by atoms with Gasteiger partial charge >= 0.3 is 0 Å². The summed E-state index contributed by atoms with van der Waals surface area (Å²) in [6.45, 7) is 4.32. The largest absolute Gasteiger partial charge is 0.391 e. The Bertz CT molecular complexity index is 1020. The summed E-state index contributed by atoms with van der Waals surface area (Å²) in [5, 5.41) is 13.1. The summed E-state index contributed by atoms with van der Waals surface area (Å²) in [6, 6.07) is -1.00. The van der Waals surface area contributed by atoms with Crippen LogP contribution in [-0.4, -0.2) is 41.9 Å². The average Bonchev–Trinajstić information content (AvgIpc) is 3.00. The fourth-order valence-corrected chi connectivity index (χ4v) is 5.32. The summed E-state index contributed by atoms with van der Waals surface area (Å²) in [5.41, 5.74) is 0. The van der Waals surface area contributed by atoms with Crippen molar-refractivity contribution in [3.05, 3.63) is 85.1 Å². The van der Waals surface area contributed by atoms with Crippen LogP contribution >= 0.6 is 0 Å². The Kier molecular flexibility index (Phi) is 29.8. The standard InChI is InChI=1S/C38H63NO5S/c1-3-5-7-9-11-12-13-14-15-16-17-18-19-20-21-22-23-24-25-26-28-30-32-34-38(41)39-36(35-45(42,43)44)37(40)33-31-29-27-10-8-6-4-2/h5,7,11-12,14-15,17-18,20-21,23-24,26,28,36-37,40H,3-4,6,8-10,13,16,19,22,25,27,29-35H2,1-2H3,(H,39,41)(H,42,43,44)/b7-5-,12-11-,15-14-,18-17-,21-20-,24-23-,28-26-. The number of aliphatic hydroxyl groups excluding tert-OH is 1. The minimum absolute atomic E-state index is 0.233. The molecule has 3 N–H and O–H groups in total. The van der Waals surface area contributed by atoms with Gasteiger partial charge in [-0.1, -0.05) is 144 Å². The summed E-state index contributed by atoms with van der Waals surface area (Å²) in [5.74, 6) is -0.991. The van der Waals surface area contributed by atoms with E-state index in [0.29, 0.717) is 12.8 Å². The third-order valence-corrected chi connectivity index (χ3v) is 7.89. The van der Waals surface area contributed by atoms with Gasteiger partial charge in [0.2, 0.25) is 5.91 Å². The van der Waals surface area contributed by atoms with Crippen molar-refractivity contribution in [1.29, 1.82) is 0 Å². The first-order valence-electron chi connectivity index (χ1n) is 17.3. The molecular formula is C38H63NO5S. The molecule has 0 bridgehead atoms. The predicted octanol–water partition coefficient (Wildman–Crippen LogP) is 9.67. The number of carbonyl (C=O) groups is 1. The van der Waals surface area contributed by atoms with E-state index in [2.05, 4.69) is 98.2 Å². The van der Waals surface area contributed by atoms with E-state index < -0.39 is 28.0 Å². The highest BCUT2D eigenvalue weighted by molar-refractivity contribution is 7.85. The van der Waals surface area contributed by atoms with Crippen molar-refractivity contribution in [1.82, 2.24) is 5.32 Å². The molecule has 0 aliphatic heterocycles. The average molecular weight is 646 g/mol. The third-order valence-electron chi connectivity index (χ3n) is 7.11. The van der Waals surface area contributed by atoms with Crippen LogP contribution in [0, 0.1) is 0 Å². The molecular weight excluding hydrogens is 582 g/mol. The molecule has 0 heterocycles. The van der Waals surface area contributed by atoms with Crippen LogP contribution in [0.4, 0.5) is 0 Å². The Morgan fingerprint density at radius 1 is 0.622 bits per heavy atom. The molecule has 0 aromatic rings. The van der Waals surface area contributed by atoms with Crippen molar-refractivity contribution >= 4 is 16.0 Å². The first-order valence-corrected chi connectivity index (χ1v) is 18.9. The highest BCUT2D eigenvalue weighted by Gasteiger charge is 2.25. The smallest absolute Gasteiger partial charge is 0.266 e. The molecule has 0 rings (SSSR count). The molecule has 1 amide bonds. The van der Waals surface area contributed by atoms with E-state index in [1.165, 1.54) is 19.3 Å². The van der Waals surface area contributed by atoms with Crippen LogP contribution in [0.15, 0.2) is 85.1 Å². The lowest BCUT2D eigenvalue weighted by Gasteiger charge is -2.23. The van der Waals surface area contributed by atoms with Gasteiger partial charge in [0.1, 0.15) is 0 Å². The summed E-state index contributed by atoms with van der Waals surface area (Å²) >= 11 is 0. The van der Waals surface area contributed by atoms with Crippen molar-refractivity contribution in [3.63, 3.8) is 0 Å². The van der Waals surface area contributed by atoms with Crippen molar-refractivity contribution in [3.8, 4) is 0 Å². The van der Waals surface area contributed by atoms with Gasteiger partial charge in [-0.25, -0.2) is 0 Å². The first-order chi connectivity index (χ1) is 21.8. The minimum atomic E-state index is -4.32. The Morgan fingerprint density at radius 2 is 1.04 bits per heavy atom. The van der Waals surface area contributed by atoms with E-state index in [1.807, 2.05) is 6.08 Å². The monoisotopic (exact) mass is 645 g/mol. The van der Waals surface area contributed by atoms with Crippen molar-refractivity contribution in [2.45, 2.75) is 142 Å². The number of nitrogens with one attached hydrogen (secondary N) is 1. The SMILES string of the molecule is CC/C=C\C/C=C\C/C=C\C/C=C\C/C=C\C/C=C\C/C=C\CCCC(=O)NC(CS(=O)(=O)O)C(O)CCCCCCCCC. The van der Waals surface area contributed by atoms with Gasteiger partial charge in [-0.2, -0.15) is 8.42 Å². The van der Waals surface area contributed by atoms with Crippen molar-refractivity contribution in [2.24, 2.45) is 0 Å². The molecule has 0 aromatic heterocycles. The lowest BCUT2D eigenvalue weighted by Crippen LogP contribution is -2.47. The van der Waals surface area contributed by atoms with Crippen LogP contribution < -0.4 is 5.32 Å². The molecule has 6 nitrogen and oxygen atoms in total. The Hall–Kier alpha value is -2.48. The van der Waals surface area contributed by atoms with E-state index in [-0.39, 0.29) is 12.3 Å². The third kappa shape index (κ3) is 32.7. The zero-order chi connectivity index (χ0) is 33.3. The second-order valence-corrected chi connectivity index (χ2v) is 12.9. The fourth-order valence-electron chi connectivity index (χ4n) is 4.56. The molecule has 0 spiro atoms. The molecule has 0 fully saturated rings. The number of aliphatic hydroxyl groups is 1. The van der Waals surface area contributed by atoms with Gasteiger partial charge in [0.25, 0.3) is 10.1 Å². The van der Waals surface area contributed by atoms with Gasteiger partial charge in [-0.05, 0) is 64.2 Å². The number of amides is 1. The lowest BCUT2D eigenvalue weighted by atomic mass is 10.0. The molecule has 0 aliphatic rings. The van der Waals surface area contributed by atoms with Crippen molar-refractivity contribution < 1.29 is 22.9 Å². The van der Waals surface area contributed by atoms with E-state index in [0.717, 1.165) is 77.0 Å². The molecule has 0 saturated carbocycles. The van der Waals surface area contributed by atoms with E-state index in [1.54, 1.807) is 0 Å². The first kappa shape index (κ1) is 42.5. The van der Waals surface area contributed by atoms with Crippen molar-refractivity contribution in [2.75, 3.05) is 5.75 Å². The van der Waals surface area contributed by atoms with E-state index in [4.69, 9.17) is 0 Å². The highest BCUT2D eigenvalue weighted by Crippen LogP contribution is 2.13. The maximum absolute atomic E-state index is 12.4. The quantitative estimate of drug-likeness (QED) is 0.0427. The molecule has 7 heteroatoms. The maximum Gasteiger partial charge on any atom is 0.266 e. The van der Waals surface area contributed by atoms with Gasteiger partial charge in [-0.3, -0.25) is 9.35 Å². The lowest BCUT2D eigenvalue weighted by molar-refractivity contribution is -0.122. The Morgan fingerprint density at radius 3 is 1.49 bits per heavy atom. The second kappa shape index (κ2) is 31.5. The van der Waals surface area contributed by atoms with Crippen LogP contribution in [-0.2, 0) is 14.9 Å². The normalized spacial score (nSPS) is 14.5. The number of hydrogen-bond donors (Lipinski definition) is 3. The molecule has 0 aliphatic carbocycles. The van der Waals surface area contributed by atoms with E-state index >= 15 is 0 Å². The zero-order valence-corrected chi connectivity index (χ0v) is 29.0. The fraction of sp³-hybridized carbons (Fsp3) is 0.605.